The van der Waals surface area contributed by atoms with Gasteiger partial charge in [-0.05, 0) is 31.2 Å². The summed E-state index contributed by atoms with van der Waals surface area (Å²) in [6.45, 7) is 0.382. The van der Waals surface area contributed by atoms with E-state index in [-0.39, 0.29) is 5.75 Å². The Balaban J connectivity index is 1.96. The van der Waals surface area contributed by atoms with E-state index in [1.165, 1.54) is 4.31 Å². The second kappa shape index (κ2) is 4.24. The average molecular weight is 267 g/mol. The molecule has 0 amide bonds. The summed E-state index contributed by atoms with van der Waals surface area (Å²) in [5.41, 5.74) is 1.38. The Hall–Kier alpha value is -1.07. The zero-order valence-corrected chi connectivity index (χ0v) is 10.9. The van der Waals surface area contributed by atoms with Crippen molar-refractivity contribution in [2.24, 2.45) is 5.92 Å². The van der Waals surface area contributed by atoms with E-state index in [2.05, 4.69) is 0 Å². The minimum absolute atomic E-state index is 0.247. The van der Waals surface area contributed by atoms with Crippen LogP contribution in [-0.2, 0) is 10.0 Å². The van der Waals surface area contributed by atoms with Gasteiger partial charge in [0, 0.05) is 12.1 Å². The van der Waals surface area contributed by atoms with Crippen LogP contribution in [0.4, 0.5) is 5.69 Å². The smallest absolute Gasteiger partial charge is 0.235 e. The fraction of sp³-hybridized carbons (Fsp3) is 0.538. The molecule has 0 spiro atoms. The Labute approximate surface area is 107 Å². The molecule has 1 N–H and O–H groups in total. The fourth-order valence-corrected chi connectivity index (χ4v) is 4.43. The zero-order valence-electron chi connectivity index (χ0n) is 10.1. The van der Waals surface area contributed by atoms with Gasteiger partial charge in [-0.25, -0.2) is 8.42 Å². The molecule has 1 heterocycles. The molecule has 2 aliphatic rings. The summed E-state index contributed by atoms with van der Waals surface area (Å²) in [5.74, 6) is 0.589. The van der Waals surface area contributed by atoms with Gasteiger partial charge in [-0.2, -0.15) is 0 Å². The predicted octanol–water partition coefficient (Wildman–Crippen LogP) is 1.67. The van der Waals surface area contributed by atoms with E-state index in [0.29, 0.717) is 24.6 Å². The number of aliphatic hydroxyl groups is 1. The molecule has 1 aromatic carbocycles. The Bertz CT molecular complexity index is 551. The van der Waals surface area contributed by atoms with Gasteiger partial charge in [-0.1, -0.05) is 18.2 Å². The minimum atomic E-state index is -3.23. The summed E-state index contributed by atoms with van der Waals surface area (Å²) in [5, 5.41) is 9.92. The number of sulfonamides is 1. The SMILES string of the molecule is O=S(=O)(CC1CC1)N1CCC(O)c2ccccc21. The van der Waals surface area contributed by atoms with Crippen molar-refractivity contribution < 1.29 is 13.5 Å². The fourth-order valence-electron chi connectivity index (χ4n) is 2.47. The van der Waals surface area contributed by atoms with Crippen LogP contribution in [0.5, 0.6) is 0 Å². The molecule has 1 aromatic rings. The molecule has 1 fully saturated rings. The number of anilines is 1. The van der Waals surface area contributed by atoms with Crippen LogP contribution in [-0.4, -0.2) is 25.8 Å². The van der Waals surface area contributed by atoms with Crippen molar-refractivity contribution in [2.45, 2.75) is 25.4 Å². The van der Waals surface area contributed by atoms with Crippen LogP contribution in [0, 0.1) is 5.92 Å². The lowest BCUT2D eigenvalue weighted by Crippen LogP contribution is -2.38. The maximum Gasteiger partial charge on any atom is 0.235 e. The molecule has 1 aliphatic carbocycles. The topological polar surface area (TPSA) is 57.6 Å². The van der Waals surface area contributed by atoms with Gasteiger partial charge in [0.15, 0.2) is 0 Å². The quantitative estimate of drug-likeness (QED) is 0.906. The second-order valence-electron chi connectivity index (χ2n) is 5.16. The van der Waals surface area contributed by atoms with Crippen LogP contribution in [0.25, 0.3) is 0 Å². The van der Waals surface area contributed by atoms with E-state index in [1.807, 2.05) is 12.1 Å². The van der Waals surface area contributed by atoms with Gasteiger partial charge in [-0.15, -0.1) is 0 Å². The van der Waals surface area contributed by atoms with Crippen LogP contribution in [0.3, 0.4) is 0 Å². The summed E-state index contributed by atoms with van der Waals surface area (Å²) in [7, 11) is -3.23. The van der Waals surface area contributed by atoms with Gasteiger partial charge >= 0.3 is 0 Å². The summed E-state index contributed by atoms with van der Waals surface area (Å²) in [6, 6.07) is 7.23. The summed E-state index contributed by atoms with van der Waals surface area (Å²) in [4.78, 5) is 0. The molecule has 18 heavy (non-hydrogen) atoms. The van der Waals surface area contributed by atoms with Gasteiger partial charge in [0.05, 0.1) is 17.5 Å². The molecule has 0 radical (unpaired) electrons. The third kappa shape index (κ3) is 2.12. The summed E-state index contributed by atoms with van der Waals surface area (Å²) < 4.78 is 26.2. The second-order valence-corrected chi connectivity index (χ2v) is 7.10. The first kappa shape index (κ1) is 12.0. The number of para-hydroxylation sites is 1. The van der Waals surface area contributed by atoms with Crippen molar-refractivity contribution >= 4 is 15.7 Å². The van der Waals surface area contributed by atoms with Crippen molar-refractivity contribution in [3.05, 3.63) is 29.8 Å². The third-order valence-electron chi connectivity index (χ3n) is 3.65. The lowest BCUT2D eigenvalue weighted by molar-refractivity contribution is 0.166. The average Bonchev–Trinajstić information content (AvgIpc) is 3.12. The first-order valence-electron chi connectivity index (χ1n) is 6.35. The third-order valence-corrected chi connectivity index (χ3v) is 5.59. The Kier molecular flexibility index (Phi) is 2.83. The highest BCUT2D eigenvalue weighted by molar-refractivity contribution is 7.92. The first-order chi connectivity index (χ1) is 8.58. The van der Waals surface area contributed by atoms with Crippen molar-refractivity contribution in [1.29, 1.82) is 0 Å². The Morgan fingerprint density at radius 1 is 1.22 bits per heavy atom. The van der Waals surface area contributed by atoms with Crippen LogP contribution in [0.2, 0.25) is 0 Å². The van der Waals surface area contributed by atoms with E-state index in [1.54, 1.807) is 12.1 Å². The molecular weight excluding hydrogens is 250 g/mol. The highest BCUT2D eigenvalue weighted by Gasteiger charge is 2.35. The van der Waals surface area contributed by atoms with Gasteiger partial charge in [0.25, 0.3) is 0 Å². The molecule has 0 saturated heterocycles. The number of hydrogen-bond donors (Lipinski definition) is 1. The van der Waals surface area contributed by atoms with E-state index < -0.39 is 16.1 Å². The highest BCUT2D eigenvalue weighted by Crippen LogP contribution is 2.37. The zero-order chi connectivity index (χ0) is 12.8. The lowest BCUT2D eigenvalue weighted by atomic mass is 10.0. The molecule has 0 bridgehead atoms. The number of hydrogen-bond acceptors (Lipinski definition) is 3. The molecule has 1 atom stereocenters. The van der Waals surface area contributed by atoms with Gasteiger partial charge < -0.3 is 5.11 Å². The number of rotatable bonds is 3. The monoisotopic (exact) mass is 267 g/mol. The highest BCUT2D eigenvalue weighted by atomic mass is 32.2. The summed E-state index contributed by atoms with van der Waals surface area (Å²) in [6.07, 6.45) is 1.98. The Morgan fingerprint density at radius 2 is 1.94 bits per heavy atom. The minimum Gasteiger partial charge on any atom is -0.388 e. The summed E-state index contributed by atoms with van der Waals surface area (Å²) >= 11 is 0. The van der Waals surface area contributed by atoms with Gasteiger partial charge in [0.1, 0.15) is 0 Å². The van der Waals surface area contributed by atoms with Crippen molar-refractivity contribution in [3.63, 3.8) is 0 Å². The molecular formula is C13H17NO3S. The predicted molar refractivity (Wildman–Crippen MR) is 69.9 cm³/mol. The standard InChI is InChI=1S/C13H17NO3S/c15-13-7-8-14(12-4-2-1-3-11(12)13)18(16,17)9-10-5-6-10/h1-4,10,13,15H,5-9H2. The molecule has 4 nitrogen and oxygen atoms in total. The van der Waals surface area contributed by atoms with Crippen molar-refractivity contribution in [1.82, 2.24) is 0 Å². The van der Waals surface area contributed by atoms with E-state index in [0.717, 1.165) is 18.4 Å². The molecule has 98 valence electrons. The van der Waals surface area contributed by atoms with E-state index in [4.69, 9.17) is 0 Å². The van der Waals surface area contributed by atoms with Crippen LogP contribution < -0.4 is 4.31 Å². The number of nitrogens with zero attached hydrogens (tertiary/aromatic N) is 1. The van der Waals surface area contributed by atoms with Crippen LogP contribution in [0.15, 0.2) is 24.3 Å². The molecule has 0 aromatic heterocycles. The number of aliphatic hydroxyl groups excluding tert-OH is 1. The molecule has 5 heteroatoms. The molecule has 1 saturated carbocycles. The lowest BCUT2D eigenvalue weighted by Gasteiger charge is -2.32. The molecule has 1 aliphatic heterocycles. The maximum atomic E-state index is 12.3. The molecule has 3 rings (SSSR count). The van der Waals surface area contributed by atoms with Gasteiger partial charge in [-0.3, -0.25) is 4.31 Å². The number of benzene rings is 1. The first-order valence-corrected chi connectivity index (χ1v) is 7.96. The van der Waals surface area contributed by atoms with Crippen LogP contribution >= 0.6 is 0 Å². The van der Waals surface area contributed by atoms with Crippen molar-refractivity contribution in [2.75, 3.05) is 16.6 Å². The van der Waals surface area contributed by atoms with Crippen molar-refractivity contribution in [3.8, 4) is 0 Å². The van der Waals surface area contributed by atoms with Crippen LogP contribution in [0.1, 0.15) is 30.9 Å². The number of fused-ring (bicyclic) bond motifs is 1. The normalized spacial score (nSPS) is 23.8. The maximum absolute atomic E-state index is 12.3. The molecule has 1 unspecified atom stereocenters. The van der Waals surface area contributed by atoms with Gasteiger partial charge in [0.2, 0.25) is 10.0 Å². The van der Waals surface area contributed by atoms with E-state index >= 15 is 0 Å². The Morgan fingerprint density at radius 3 is 2.67 bits per heavy atom. The van der Waals surface area contributed by atoms with E-state index in [9.17, 15) is 13.5 Å². The largest absolute Gasteiger partial charge is 0.388 e.